The lowest BCUT2D eigenvalue weighted by atomic mass is 9.91. The lowest BCUT2D eigenvalue weighted by Gasteiger charge is -2.35. The highest BCUT2D eigenvalue weighted by Crippen LogP contribution is 2.31. The second kappa shape index (κ2) is 5.07. The molecule has 0 aromatic heterocycles. The number of hydrogen-bond donors (Lipinski definition) is 1. The third-order valence-electron chi connectivity index (χ3n) is 4.06. The molecular formula is C13H25N3. The summed E-state index contributed by atoms with van der Waals surface area (Å²) in [4.78, 5) is 6.79. The highest BCUT2D eigenvalue weighted by Gasteiger charge is 2.34. The monoisotopic (exact) mass is 223 g/mol. The van der Waals surface area contributed by atoms with Gasteiger partial charge >= 0.3 is 0 Å². The molecule has 1 aliphatic heterocycles. The van der Waals surface area contributed by atoms with Crippen molar-refractivity contribution in [3.63, 3.8) is 0 Å². The lowest BCUT2D eigenvalue weighted by molar-refractivity contribution is 0.199. The Labute approximate surface area is 99.1 Å². The molecule has 1 saturated carbocycles. The van der Waals surface area contributed by atoms with Gasteiger partial charge in [0.25, 0.3) is 0 Å². The number of rotatable bonds is 2. The third kappa shape index (κ3) is 2.33. The molecule has 2 rings (SSSR count). The molecule has 3 nitrogen and oxygen atoms in total. The van der Waals surface area contributed by atoms with Crippen molar-refractivity contribution in [2.24, 2.45) is 16.6 Å². The van der Waals surface area contributed by atoms with Crippen LogP contribution in [0.25, 0.3) is 0 Å². The third-order valence-corrected chi connectivity index (χ3v) is 4.06. The van der Waals surface area contributed by atoms with Gasteiger partial charge in [-0.3, -0.25) is 4.99 Å². The van der Waals surface area contributed by atoms with Crippen molar-refractivity contribution in [1.29, 1.82) is 0 Å². The zero-order chi connectivity index (χ0) is 11.5. The van der Waals surface area contributed by atoms with E-state index in [0.717, 1.165) is 18.4 Å². The van der Waals surface area contributed by atoms with Crippen LogP contribution in [0.2, 0.25) is 0 Å². The second-order valence-corrected chi connectivity index (χ2v) is 5.52. The number of nitrogens with zero attached hydrogens (tertiary/aromatic N) is 2. The van der Waals surface area contributed by atoms with E-state index < -0.39 is 0 Å². The van der Waals surface area contributed by atoms with Crippen molar-refractivity contribution in [3.8, 4) is 0 Å². The molecule has 1 unspecified atom stereocenters. The molecule has 1 aliphatic carbocycles. The number of guanidine groups is 1. The Morgan fingerprint density at radius 1 is 1.19 bits per heavy atom. The van der Waals surface area contributed by atoms with Crippen LogP contribution in [0, 0.1) is 5.92 Å². The minimum absolute atomic E-state index is 0.486. The van der Waals surface area contributed by atoms with E-state index in [9.17, 15) is 0 Å². The molecule has 3 heteroatoms. The topological polar surface area (TPSA) is 41.6 Å². The Kier molecular flexibility index (Phi) is 3.72. The fourth-order valence-corrected chi connectivity index (χ4v) is 3.25. The van der Waals surface area contributed by atoms with E-state index in [1.54, 1.807) is 0 Å². The van der Waals surface area contributed by atoms with Gasteiger partial charge in [-0.15, -0.1) is 0 Å². The predicted octanol–water partition coefficient (Wildman–Crippen LogP) is 2.36. The summed E-state index contributed by atoms with van der Waals surface area (Å²) in [6, 6.07) is 1.07. The van der Waals surface area contributed by atoms with Gasteiger partial charge in [-0.1, -0.05) is 25.7 Å². The van der Waals surface area contributed by atoms with Crippen LogP contribution < -0.4 is 5.73 Å². The van der Waals surface area contributed by atoms with E-state index in [1.807, 2.05) is 0 Å². The van der Waals surface area contributed by atoms with Crippen LogP contribution in [0.1, 0.15) is 52.4 Å². The molecule has 16 heavy (non-hydrogen) atoms. The average molecular weight is 223 g/mol. The Bertz CT molecular complexity index is 252. The van der Waals surface area contributed by atoms with Crippen LogP contribution in [0.15, 0.2) is 4.99 Å². The summed E-state index contributed by atoms with van der Waals surface area (Å²) in [6.07, 6.45) is 8.37. The molecule has 92 valence electrons. The molecule has 1 heterocycles. The van der Waals surface area contributed by atoms with Crippen LogP contribution in [-0.2, 0) is 0 Å². The Morgan fingerprint density at radius 3 is 2.38 bits per heavy atom. The first-order chi connectivity index (χ1) is 7.70. The molecule has 1 atom stereocenters. The predicted molar refractivity (Wildman–Crippen MR) is 68.4 cm³/mol. The van der Waals surface area contributed by atoms with Crippen molar-refractivity contribution in [2.75, 3.05) is 6.54 Å². The van der Waals surface area contributed by atoms with Gasteiger partial charge in [-0.05, 0) is 32.6 Å². The van der Waals surface area contributed by atoms with Crippen LogP contribution in [0.4, 0.5) is 0 Å². The molecule has 0 amide bonds. The Balaban J connectivity index is 2.03. The summed E-state index contributed by atoms with van der Waals surface area (Å²) >= 11 is 0. The van der Waals surface area contributed by atoms with Crippen LogP contribution in [-0.4, -0.2) is 29.5 Å². The van der Waals surface area contributed by atoms with E-state index in [2.05, 4.69) is 23.7 Å². The lowest BCUT2D eigenvalue weighted by Crippen LogP contribution is -2.48. The summed E-state index contributed by atoms with van der Waals surface area (Å²) in [7, 11) is 0. The highest BCUT2D eigenvalue weighted by atomic mass is 15.3. The van der Waals surface area contributed by atoms with Gasteiger partial charge in [0.05, 0.1) is 12.6 Å². The quantitative estimate of drug-likeness (QED) is 0.730. The fraction of sp³-hybridized carbons (Fsp3) is 0.923. The molecule has 2 aliphatic rings. The molecule has 1 fully saturated rings. The summed E-state index contributed by atoms with van der Waals surface area (Å²) in [5, 5.41) is 0. The normalized spacial score (nSPS) is 28.3. The molecular weight excluding hydrogens is 198 g/mol. The highest BCUT2D eigenvalue weighted by molar-refractivity contribution is 5.80. The van der Waals surface area contributed by atoms with E-state index >= 15 is 0 Å². The summed E-state index contributed by atoms with van der Waals surface area (Å²) in [5.41, 5.74) is 5.99. The Morgan fingerprint density at radius 2 is 1.81 bits per heavy atom. The van der Waals surface area contributed by atoms with E-state index in [0.29, 0.717) is 12.1 Å². The number of nitrogens with two attached hydrogens (primary N) is 1. The maximum Gasteiger partial charge on any atom is 0.191 e. The summed E-state index contributed by atoms with van der Waals surface area (Å²) in [6.45, 7) is 5.36. The number of aliphatic imine (C=N–C) groups is 1. The van der Waals surface area contributed by atoms with Crippen molar-refractivity contribution < 1.29 is 0 Å². The SMILES string of the molecule is CC(C)N1C(N)=NCC1C1CCCCCC1. The van der Waals surface area contributed by atoms with Crippen molar-refractivity contribution in [2.45, 2.75) is 64.5 Å². The van der Waals surface area contributed by atoms with Crippen LogP contribution in [0.5, 0.6) is 0 Å². The van der Waals surface area contributed by atoms with Crippen molar-refractivity contribution in [3.05, 3.63) is 0 Å². The smallest absolute Gasteiger partial charge is 0.191 e. The summed E-state index contributed by atoms with van der Waals surface area (Å²) in [5.74, 6) is 1.58. The van der Waals surface area contributed by atoms with Crippen LogP contribution in [0.3, 0.4) is 0 Å². The maximum absolute atomic E-state index is 5.99. The molecule has 0 spiro atoms. The molecule has 0 aromatic rings. The first-order valence-electron chi connectivity index (χ1n) is 6.78. The largest absolute Gasteiger partial charge is 0.370 e. The zero-order valence-electron chi connectivity index (χ0n) is 10.7. The van der Waals surface area contributed by atoms with Gasteiger partial charge in [-0.25, -0.2) is 0 Å². The molecule has 0 bridgehead atoms. The van der Waals surface area contributed by atoms with Crippen molar-refractivity contribution >= 4 is 5.96 Å². The zero-order valence-corrected chi connectivity index (χ0v) is 10.7. The average Bonchev–Trinajstić information content (AvgIpc) is 2.50. The first kappa shape index (κ1) is 11.7. The van der Waals surface area contributed by atoms with Gasteiger partial charge in [0.15, 0.2) is 5.96 Å². The molecule has 0 radical (unpaired) electrons. The Hall–Kier alpha value is -0.730. The van der Waals surface area contributed by atoms with Crippen LogP contribution >= 0.6 is 0 Å². The minimum atomic E-state index is 0.486. The minimum Gasteiger partial charge on any atom is -0.370 e. The second-order valence-electron chi connectivity index (χ2n) is 5.52. The van der Waals surface area contributed by atoms with Gasteiger partial charge in [0, 0.05) is 6.04 Å². The van der Waals surface area contributed by atoms with Gasteiger partial charge < -0.3 is 10.6 Å². The number of hydrogen-bond acceptors (Lipinski definition) is 3. The van der Waals surface area contributed by atoms with E-state index in [1.165, 1.54) is 38.5 Å². The molecule has 2 N–H and O–H groups in total. The maximum atomic E-state index is 5.99. The van der Waals surface area contributed by atoms with E-state index in [4.69, 9.17) is 5.73 Å². The first-order valence-corrected chi connectivity index (χ1v) is 6.78. The molecule has 0 aromatic carbocycles. The summed E-state index contributed by atoms with van der Waals surface area (Å²) < 4.78 is 0. The fourth-order valence-electron chi connectivity index (χ4n) is 3.25. The standard InChI is InChI=1S/C13H25N3/c1-10(2)16-12(9-15-13(16)14)11-7-5-3-4-6-8-11/h10-12H,3-9H2,1-2H3,(H2,14,15). The van der Waals surface area contributed by atoms with Crippen molar-refractivity contribution in [1.82, 2.24) is 4.90 Å². The van der Waals surface area contributed by atoms with Gasteiger partial charge in [-0.2, -0.15) is 0 Å². The van der Waals surface area contributed by atoms with Gasteiger partial charge in [0.1, 0.15) is 0 Å². The molecule has 0 saturated heterocycles. The van der Waals surface area contributed by atoms with E-state index in [-0.39, 0.29) is 0 Å². The van der Waals surface area contributed by atoms with Gasteiger partial charge in [0.2, 0.25) is 0 Å².